The molecule has 2 aromatic carbocycles. The number of carbonyl (C=O) groups excluding carboxylic acids is 1. The molecule has 0 radical (unpaired) electrons. The highest BCUT2D eigenvalue weighted by molar-refractivity contribution is 7.91. The summed E-state index contributed by atoms with van der Waals surface area (Å²) < 4.78 is 33.3. The van der Waals surface area contributed by atoms with Crippen molar-refractivity contribution in [1.82, 2.24) is 19.4 Å². The van der Waals surface area contributed by atoms with Crippen molar-refractivity contribution in [3.05, 3.63) is 67.0 Å². The van der Waals surface area contributed by atoms with E-state index in [-0.39, 0.29) is 22.5 Å². The van der Waals surface area contributed by atoms with Gasteiger partial charge in [0.1, 0.15) is 11.6 Å². The van der Waals surface area contributed by atoms with Gasteiger partial charge >= 0.3 is 0 Å². The Hall–Kier alpha value is -4.42. The van der Waals surface area contributed by atoms with Crippen molar-refractivity contribution >= 4 is 49.7 Å². The minimum atomic E-state index is -3.47. The van der Waals surface area contributed by atoms with E-state index in [0.29, 0.717) is 34.9 Å². The minimum absolute atomic E-state index is 0.0125. The molecule has 1 amide bonds. The van der Waals surface area contributed by atoms with Crippen LogP contribution in [0.3, 0.4) is 0 Å². The van der Waals surface area contributed by atoms with Crippen LogP contribution >= 0.6 is 0 Å². The summed E-state index contributed by atoms with van der Waals surface area (Å²) in [4.78, 5) is 25.9. The van der Waals surface area contributed by atoms with Gasteiger partial charge in [0, 0.05) is 49.5 Å². The smallest absolute Gasteiger partial charge is 0.247 e. The lowest BCUT2D eigenvalue weighted by molar-refractivity contribution is -0.111. The zero-order valence-corrected chi connectivity index (χ0v) is 25.6. The average Bonchev–Trinajstić information content (AvgIpc) is 3.37. The number of fused-ring (bicyclic) bond motifs is 1. The quantitative estimate of drug-likeness (QED) is 0.231. The Labute approximate surface area is 246 Å². The molecule has 0 saturated heterocycles. The maximum absolute atomic E-state index is 12.9. The van der Waals surface area contributed by atoms with Crippen LogP contribution < -0.4 is 20.3 Å². The summed E-state index contributed by atoms with van der Waals surface area (Å²) in [7, 11) is 4.03. The van der Waals surface area contributed by atoms with Crippen molar-refractivity contribution in [3.8, 4) is 11.6 Å². The zero-order chi connectivity index (χ0) is 30.6. The maximum atomic E-state index is 12.9. The Bertz CT molecular complexity index is 1730. The number of rotatable bonds is 12. The number of anilines is 4. The number of ether oxygens (including phenoxy) is 1. The SMILES string of the molecule is C=CC(=O)Nc1cc(Nc2ncc(C)c(-n3cc(S(=O)(=O)CC)c4ccccc43)n2)c(OC)cc1N(C)CCN(C)C. The number of likely N-dealkylation sites (N-methyl/N-ethyl adjacent to an activating group) is 2. The predicted octanol–water partition coefficient (Wildman–Crippen LogP) is 4.40. The van der Waals surface area contributed by atoms with Crippen LogP contribution in [0.1, 0.15) is 12.5 Å². The number of methoxy groups -OCH3 is 1. The van der Waals surface area contributed by atoms with Crippen LogP contribution in [0.4, 0.5) is 23.0 Å². The van der Waals surface area contributed by atoms with Crippen LogP contribution in [0.25, 0.3) is 16.7 Å². The first-order valence-electron chi connectivity index (χ1n) is 13.4. The molecule has 0 aliphatic carbocycles. The molecule has 12 heteroatoms. The summed E-state index contributed by atoms with van der Waals surface area (Å²) >= 11 is 0. The van der Waals surface area contributed by atoms with Crippen LogP contribution in [0.2, 0.25) is 0 Å². The van der Waals surface area contributed by atoms with Crippen LogP contribution in [0.5, 0.6) is 5.75 Å². The molecule has 4 rings (SSSR count). The van der Waals surface area contributed by atoms with Gasteiger partial charge < -0.3 is 25.2 Å². The van der Waals surface area contributed by atoms with E-state index in [4.69, 9.17) is 9.72 Å². The van der Waals surface area contributed by atoms with E-state index >= 15 is 0 Å². The van der Waals surface area contributed by atoms with Gasteiger partial charge in [0.2, 0.25) is 11.9 Å². The maximum Gasteiger partial charge on any atom is 0.247 e. The molecule has 222 valence electrons. The largest absolute Gasteiger partial charge is 0.494 e. The molecule has 42 heavy (non-hydrogen) atoms. The summed E-state index contributed by atoms with van der Waals surface area (Å²) in [5.74, 6) is 0.953. The Kier molecular flexibility index (Phi) is 9.17. The zero-order valence-electron chi connectivity index (χ0n) is 24.8. The summed E-state index contributed by atoms with van der Waals surface area (Å²) in [5.41, 5.74) is 3.33. The number of nitrogens with one attached hydrogen (secondary N) is 2. The molecule has 0 aliphatic rings. The number of sulfone groups is 1. The van der Waals surface area contributed by atoms with Crippen molar-refractivity contribution in [2.45, 2.75) is 18.7 Å². The minimum Gasteiger partial charge on any atom is -0.494 e. The van der Waals surface area contributed by atoms with Crippen LogP contribution in [-0.2, 0) is 14.6 Å². The lowest BCUT2D eigenvalue weighted by Gasteiger charge is -2.26. The lowest BCUT2D eigenvalue weighted by atomic mass is 10.2. The number of hydrogen-bond acceptors (Lipinski definition) is 9. The topological polar surface area (TPSA) is 122 Å². The molecule has 0 spiro atoms. The summed E-state index contributed by atoms with van der Waals surface area (Å²) in [6, 6.07) is 10.9. The molecule has 4 aromatic rings. The predicted molar refractivity (Wildman–Crippen MR) is 168 cm³/mol. The molecule has 2 N–H and O–H groups in total. The molecule has 0 atom stereocenters. The molecular formula is C30H37N7O4S. The molecule has 0 bridgehead atoms. The Morgan fingerprint density at radius 1 is 1.14 bits per heavy atom. The molecule has 0 unspecified atom stereocenters. The first-order valence-corrected chi connectivity index (χ1v) is 15.1. The monoisotopic (exact) mass is 591 g/mol. The van der Waals surface area contributed by atoms with Gasteiger partial charge in [-0.1, -0.05) is 31.7 Å². The van der Waals surface area contributed by atoms with Gasteiger partial charge in [0.05, 0.1) is 40.3 Å². The molecule has 2 aromatic heterocycles. The third-order valence-corrected chi connectivity index (χ3v) is 8.62. The number of aromatic nitrogens is 3. The Balaban J connectivity index is 1.79. The molecule has 0 aliphatic heterocycles. The van der Waals surface area contributed by atoms with Crippen molar-refractivity contribution in [2.24, 2.45) is 0 Å². The number of carbonyl (C=O) groups is 1. The number of amides is 1. The molecular weight excluding hydrogens is 554 g/mol. The van der Waals surface area contributed by atoms with Crippen LogP contribution in [0, 0.1) is 6.92 Å². The van der Waals surface area contributed by atoms with E-state index in [1.54, 1.807) is 43.1 Å². The first-order chi connectivity index (χ1) is 20.0. The van der Waals surface area contributed by atoms with Gasteiger partial charge in [-0.25, -0.2) is 13.4 Å². The van der Waals surface area contributed by atoms with E-state index in [2.05, 4.69) is 27.1 Å². The van der Waals surface area contributed by atoms with Crippen molar-refractivity contribution in [3.63, 3.8) is 0 Å². The third-order valence-electron chi connectivity index (χ3n) is 6.87. The van der Waals surface area contributed by atoms with Gasteiger partial charge in [0.25, 0.3) is 0 Å². The number of para-hydroxylation sites is 1. The van der Waals surface area contributed by atoms with E-state index < -0.39 is 9.84 Å². The Morgan fingerprint density at radius 2 is 1.88 bits per heavy atom. The van der Waals surface area contributed by atoms with E-state index in [9.17, 15) is 13.2 Å². The summed E-state index contributed by atoms with van der Waals surface area (Å²) in [6.07, 6.45) is 4.50. The summed E-state index contributed by atoms with van der Waals surface area (Å²) in [6.45, 7) is 8.59. The van der Waals surface area contributed by atoms with Gasteiger partial charge in [-0.2, -0.15) is 4.98 Å². The molecule has 2 heterocycles. The fourth-order valence-corrected chi connectivity index (χ4v) is 5.58. The second kappa shape index (κ2) is 12.6. The van der Waals surface area contributed by atoms with E-state index in [0.717, 1.165) is 23.3 Å². The van der Waals surface area contributed by atoms with E-state index in [1.807, 2.05) is 57.2 Å². The third kappa shape index (κ3) is 6.39. The highest BCUT2D eigenvalue weighted by Crippen LogP contribution is 2.38. The average molecular weight is 592 g/mol. The summed E-state index contributed by atoms with van der Waals surface area (Å²) in [5, 5.41) is 6.74. The van der Waals surface area contributed by atoms with E-state index in [1.165, 1.54) is 6.08 Å². The molecule has 0 fully saturated rings. The fraction of sp³-hybridized carbons (Fsp3) is 0.300. The van der Waals surface area contributed by atoms with Gasteiger partial charge in [0.15, 0.2) is 9.84 Å². The second-order valence-corrected chi connectivity index (χ2v) is 12.3. The highest BCUT2D eigenvalue weighted by Gasteiger charge is 2.22. The van der Waals surface area contributed by atoms with Crippen molar-refractivity contribution in [1.29, 1.82) is 0 Å². The first kappa shape index (κ1) is 30.5. The lowest BCUT2D eigenvalue weighted by Crippen LogP contribution is -2.29. The number of benzene rings is 2. The second-order valence-electron chi connectivity index (χ2n) is 10.1. The fourth-order valence-electron chi connectivity index (χ4n) is 4.49. The van der Waals surface area contributed by atoms with Crippen LogP contribution in [-0.4, -0.2) is 80.9 Å². The van der Waals surface area contributed by atoms with Gasteiger partial charge in [-0.05, 0) is 39.2 Å². The van der Waals surface area contributed by atoms with Gasteiger partial charge in [-0.15, -0.1) is 0 Å². The molecule has 11 nitrogen and oxygen atoms in total. The van der Waals surface area contributed by atoms with Gasteiger partial charge in [-0.3, -0.25) is 9.36 Å². The number of hydrogen-bond donors (Lipinski definition) is 2. The normalized spacial score (nSPS) is 11.5. The Morgan fingerprint density at radius 3 is 2.55 bits per heavy atom. The number of nitrogens with zero attached hydrogens (tertiary/aromatic N) is 5. The van der Waals surface area contributed by atoms with Crippen LogP contribution in [0.15, 0.2) is 66.3 Å². The number of aryl methyl sites for hydroxylation is 1. The standard InChI is InChI=1S/C30H37N7O4S/c1-8-28(38)32-22-16-23(26(41-7)17-25(22)36(6)15-14-35(4)5)33-30-31-18-20(3)29(34-30)37-19-27(42(39,40)9-2)21-12-10-11-13-24(21)37/h8,10-13,16-19H,1,9,14-15H2,2-7H3,(H,32,38)(H,31,33,34). The molecule has 0 saturated carbocycles. The highest BCUT2D eigenvalue weighted by atomic mass is 32.2. The van der Waals surface area contributed by atoms with Crippen molar-refractivity contribution in [2.75, 3.05) is 62.6 Å². The van der Waals surface area contributed by atoms with Crippen molar-refractivity contribution < 1.29 is 17.9 Å².